The second-order valence-electron chi connectivity index (χ2n) is 4.22. The summed E-state index contributed by atoms with van der Waals surface area (Å²) >= 11 is 5.97. The molecule has 0 saturated heterocycles. The van der Waals surface area contributed by atoms with Crippen molar-refractivity contribution in [2.24, 2.45) is 0 Å². The van der Waals surface area contributed by atoms with Crippen LogP contribution in [0.1, 0.15) is 30.6 Å². The number of nitrogens with one attached hydrogen (secondary N) is 3. The number of rotatable bonds is 7. The van der Waals surface area contributed by atoms with Gasteiger partial charge >= 0.3 is 0 Å². The molecule has 6 nitrogen and oxygen atoms in total. The van der Waals surface area contributed by atoms with E-state index in [0.717, 1.165) is 13.0 Å². The number of halogens is 1. The molecule has 1 aromatic heterocycles. The summed E-state index contributed by atoms with van der Waals surface area (Å²) in [5, 5.41) is 8.67. The highest BCUT2D eigenvalue weighted by molar-refractivity contribution is 6.33. The number of amides is 2. The van der Waals surface area contributed by atoms with Crippen molar-refractivity contribution in [3.05, 3.63) is 22.8 Å². The molecule has 0 unspecified atom stereocenters. The number of carbonyl (C=O) groups excluding carboxylic acids is 2. The first-order chi connectivity index (χ1) is 9.54. The van der Waals surface area contributed by atoms with E-state index in [1.54, 1.807) is 6.07 Å². The topological polar surface area (TPSA) is 83.1 Å². The number of anilines is 1. The quantitative estimate of drug-likeness (QED) is 0.665. The van der Waals surface area contributed by atoms with Gasteiger partial charge in [-0.2, -0.15) is 0 Å². The molecule has 1 heterocycles. The lowest BCUT2D eigenvalue weighted by atomic mass is 10.2. The van der Waals surface area contributed by atoms with Gasteiger partial charge in [0.25, 0.3) is 5.91 Å². The molecule has 0 saturated carbocycles. The van der Waals surface area contributed by atoms with Crippen LogP contribution in [0, 0.1) is 0 Å². The number of carbonyl (C=O) groups is 2. The average molecular weight is 299 g/mol. The van der Waals surface area contributed by atoms with Gasteiger partial charge in [-0.25, -0.2) is 4.98 Å². The Morgan fingerprint density at radius 3 is 2.60 bits per heavy atom. The van der Waals surface area contributed by atoms with Crippen LogP contribution in [0.5, 0.6) is 0 Å². The molecule has 0 aliphatic heterocycles. The summed E-state index contributed by atoms with van der Waals surface area (Å²) in [4.78, 5) is 26.8. The summed E-state index contributed by atoms with van der Waals surface area (Å²) in [6.45, 7) is 4.96. The van der Waals surface area contributed by atoms with Crippen molar-refractivity contribution in [3.63, 3.8) is 0 Å². The van der Waals surface area contributed by atoms with E-state index in [4.69, 9.17) is 11.6 Å². The van der Waals surface area contributed by atoms with E-state index in [0.29, 0.717) is 29.5 Å². The van der Waals surface area contributed by atoms with Gasteiger partial charge in [0, 0.05) is 32.8 Å². The summed E-state index contributed by atoms with van der Waals surface area (Å²) in [6, 6.07) is 1.62. The minimum Gasteiger partial charge on any atom is -0.370 e. The second kappa shape index (κ2) is 8.37. The fourth-order valence-corrected chi connectivity index (χ4v) is 1.66. The fourth-order valence-electron chi connectivity index (χ4n) is 1.47. The van der Waals surface area contributed by atoms with Gasteiger partial charge in [0.1, 0.15) is 5.82 Å². The first kappa shape index (κ1) is 16.2. The van der Waals surface area contributed by atoms with Crippen molar-refractivity contribution in [2.45, 2.75) is 20.3 Å². The van der Waals surface area contributed by atoms with Gasteiger partial charge in [0.15, 0.2) is 0 Å². The van der Waals surface area contributed by atoms with Crippen molar-refractivity contribution < 1.29 is 9.59 Å². The first-order valence-corrected chi connectivity index (χ1v) is 6.84. The highest BCUT2D eigenvalue weighted by atomic mass is 35.5. The minimum atomic E-state index is -0.290. The second-order valence-corrected chi connectivity index (χ2v) is 4.62. The number of nitrogens with zero attached hydrogens (tertiary/aromatic N) is 1. The highest BCUT2D eigenvalue weighted by Gasteiger charge is 2.11. The summed E-state index contributed by atoms with van der Waals surface area (Å²) in [7, 11) is 0. The Labute approximate surface area is 123 Å². The molecule has 0 spiro atoms. The highest BCUT2D eigenvalue weighted by Crippen LogP contribution is 2.17. The molecular formula is C13H19ClN4O2. The third kappa shape index (κ3) is 5.44. The molecule has 1 rings (SSSR count). The van der Waals surface area contributed by atoms with E-state index in [2.05, 4.69) is 20.9 Å². The summed E-state index contributed by atoms with van der Waals surface area (Å²) in [6.07, 6.45) is 2.41. The SMILES string of the molecule is CCCNc1cc(C(=O)NCCNC(C)=O)c(Cl)cn1. The standard InChI is InChI=1S/C13H19ClN4O2/c1-3-4-16-12-7-10(11(14)8-18-12)13(20)17-6-5-15-9(2)19/h7-8H,3-6H2,1-2H3,(H,15,19)(H,16,18)(H,17,20). The number of aromatic nitrogens is 1. The number of hydrogen-bond donors (Lipinski definition) is 3. The van der Waals surface area contributed by atoms with Crippen molar-refractivity contribution >= 4 is 29.2 Å². The predicted octanol–water partition coefficient (Wildman–Crippen LogP) is 1.42. The summed E-state index contributed by atoms with van der Waals surface area (Å²) < 4.78 is 0. The minimum absolute atomic E-state index is 0.132. The van der Waals surface area contributed by atoms with E-state index < -0.39 is 0 Å². The Bertz CT molecular complexity index is 479. The van der Waals surface area contributed by atoms with Crippen LogP contribution in [-0.4, -0.2) is 36.4 Å². The van der Waals surface area contributed by atoms with Gasteiger partial charge in [-0.15, -0.1) is 0 Å². The van der Waals surface area contributed by atoms with E-state index in [1.807, 2.05) is 6.92 Å². The average Bonchev–Trinajstić information content (AvgIpc) is 2.42. The normalized spacial score (nSPS) is 9.95. The maximum absolute atomic E-state index is 12.0. The molecule has 0 bridgehead atoms. The summed E-state index contributed by atoms with van der Waals surface area (Å²) in [5.41, 5.74) is 0.364. The lowest BCUT2D eigenvalue weighted by molar-refractivity contribution is -0.118. The monoisotopic (exact) mass is 298 g/mol. The van der Waals surface area contributed by atoms with Crippen molar-refractivity contribution in [1.82, 2.24) is 15.6 Å². The Hall–Kier alpha value is -1.82. The maximum atomic E-state index is 12.0. The Kier molecular flexibility index (Phi) is 6.79. The predicted molar refractivity (Wildman–Crippen MR) is 79.0 cm³/mol. The van der Waals surface area contributed by atoms with Crippen LogP contribution in [0.2, 0.25) is 5.02 Å². The smallest absolute Gasteiger partial charge is 0.253 e. The van der Waals surface area contributed by atoms with Gasteiger partial charge in [-0.3, -0.25) is 9.59 Å². The van der Waals surface area contributed by atoms with Gasteiger partial charge < -0.3 is 16.0 Å². The molecule has 0 aliphatic rings. The first-order valence-electron chi connectivity index (χ1n) is 6.46. The van der Waals surface area contributed by atoms with E-state index in [9.17, 15) is 9.59 Å². The molecule has 20 heavy (non-hydrogen) atoms. The molecule has 0 atom stereocenters. The van der Waals surface area contributed by atoms with Crippen molar-refractivity contribution in [3.8, 4) is 0 Å². The summed E-state index contributed by atoms with van der Waals surface area (Å²) in [5.74, 6) is 0.192. The van der Waals surface area contributed by atoms with Crippen LogP contribution in [0.3, 0.4) is 0 Å². The Morgan fingerprint density at radius 1 is 1.25 bits per heavy atom. The molecule has 0 aliphatic carbocycles. The number of pyridine rings is 1. The van der Waals surface area contributed by atoms with Gasteiger partial charge in [-0.1, -0.05) is 18.5 Å². The molecular weight excluding hydrogens is 280 g/mol. The van der Waals surface area contributed by atoms with Crippen LogP contribution < -0.4 is 16.0 Å². The Morgan fingerprint density at radius 2 is 1.95 bits per heavy atom. The molecule has 0 aromatic carbocycles. The Balaban J connectivity index is 2.59. The third-order valence-electron chi connectivity index (χ3n) is 2.44. The zero-order chi connectivity index (χ0) is 15.0. The fraction of sp³-hybridized carbons (Fsp3) is 0.462. The third-order valence-corrected chi connectivity index (χ3v) is 2.74. The largest absolute Gasteiger partial charge is 0.370 e. The van der Waals surface area contributed by atoms with Crippen LogP contribution >= 0.6 is 11.6 Å². The molecule has 1 aromatic rings. The zero-order valence-electron chi connectivity index (χ0n) is 11.6. The molecule has 110 valence electrons. The van der Waals surface area contributed by atoms with E-state index >= 15 is 0 Å². The van der Waals surface area contributed by atoms with Gasteiger partial charge in [0.05, 0.1) is 10.6 Å². The molecule has 0 fully saturated rings. The van der Waals surface area contributed by atoms with Crippen molar-refractivity contribution in [2.75, 3.05) is 25.0 Å². The number of hydrogen-bond acceptors (Lipinski definition) is 4. The van der Waals surface area contributed by atoms with E-state index in [-0.39, 0.29) is 11.8 Å². The lowest BCUT2D eigenvalue weighted by Crippen LogP contribution is -2.33. The van der Waals surface area contributed by atoms with Crippen LogP contribution in [0.4, 0.5) is 5.82 Å². The lowest BCUT2D eigenvalue weighted by Gasteiger charge is -2.09. The maximum Gasteiger partial charge on any atom is 0.253 e. The van der Waals surface area contributed by atoms with Crippen LogP contribution in [-0.2, 0) is 4.79 Å². The van der Waals surface area contributed by atoms with Crippen LogP contribution in [0.25, 0.3) is 0 Å². The van der Waals surface area contributed by atoms with Crippen LogP contribution in [0.15, 0.2) is 12.3 Å². The molecule has 2 amide bonds. The molecule has 0 radical (unpaired) electrons. The molecule has 3 N–H and O–H groups in total. The zero-order valence-corrected chi connectivity index (χ0v) is 12.4. The van der Waals surface area contributed by atoms with E-state index in [1.165, 1.54) is 13.1 Å². The van der Waals surface area contributed by atoms with Gasteiger partial charge in [0.2, 0.25) is 5.91 Å². The van der Waals surface area contributed by atoms with Gasteiger partial charge in [-0.05, 0) is 12.5 Å². The van der Waals surface area contributed by atoms with Crippen molar-refractivity contribution in [1.29, 1.82) is 0 Å². The molecule has 7 heteroatoms.